The zero-order valence-electron chi connectivity index (χ0n) is 10.4. The standard InChI is InChI=1S/C14H16ClN3/c1-2-18(8-10-3-4-10)14-12-6-5-11(15)7-13(12)16-9-17-14/h5-7,9-10H,2-4,8H2,1H3. The van der Waals surface area contributed by atoms with Crippen LogP contribution in [0.2, 0.25) is 5.02 Å². The molecule has 94 valence electrons. The van der Waals surface area contributed by atoms with Crippen LogP contribution >= 0.6 is 11.6 Å². The van der Waals surface area contributed by atoms with E-state index in [0.717, 1.165) is 40.8 Å². The minimum Gasteiger partial charge on any atom is -0.356 e. The van der Waals surface area contributed by atoms with Crippen molar-refractivity contribution in [3.05, 3.63) is 29.5 Å². The Hall–Kier alpha value is -1.35. The molecule has 1 aromatic carbocycles. The van der Waals surface area contributed by atoms with Crippen LogP contribution in [0.5, 0.6) is 0 Å². The van der Waals surface area contributed by atoms with Gasteiger partial charge in [0.1, 0.15) is 12.1 Å². The molecule has 1 aliphatic carbocycles. The van der Waals surface area contributed by atoms with E-state index in [0.29, 0.717) is 0 Å². The molecule has 2 aromatic rings. The van der Waals surface area contributed by atoms with Crippen LogP contribution in [-0.4, -0.2) is 23.1 Å². The second-order valence-corrected chi connectivity index (χ2v) is 5.28. The lowest BCUT2D eigenvalue weighted by molar-refractivity contribution is 0.734. The predicted octanol–water partition coefficient (Wildman–Crippen LogP) is 3.52. The first kappa shape index (κ1) is 11.7. The maximum Gasteiger partial charge on any atom is 0.139 e. The van der Waals surface area contributed by atoms with Crippen LogP contribution in [0.25, 0.3) is 10.9 Å². The molecule has 3 rings (SSSR count). The first-order chi connectivity index (χ1) is 8.78. The van der Waals surface area contributed by atoms with E-state index in [1.807, 2.05) is 18.2 Å². The fourth-order valence-corrected chi connectivity index (χ4v) is 2.41. The highest BCUT2D eigenvalue weighted by Crippen LogP contribution is 2.32. The minimum atomic E-state index is 0.720. The van der Waals surface area contributed by atoms with Crippen molar-refractivity contribution in [2.24, 2.45) is 5.92 Å². The highest BCUT2D eigenvalue weighted by molar-refractivity contribution is 6.31. The largest absolute Gasteiger partial charge is 0.356 e. The van der Waals surface area contributed by atoms with Gasteiger partial charge in [-0.1, -0.05) is 11.6 Å². The van der Waals surface area contributed by atoms with E-state index in [1.165, 1.54) is 12.8 Å². The van der Waals surface area contributed by atoms with Gasteiger partial charge in [-0.05, 0) is 43.9 Å². The summed E-state index contributed by atoms with van der Waals surface area (Å²) < 4.78 is 0. The van der Waals surface area contributed by atoms with Crippen LogP contribution in [0.1, 0.15) is 19.8 Å². The van der Waals surface area contributed by atoms with E-state index in [1.54, 1.807) is 6.33 Å². The molecule has 0 aliphatic heterocycles. The molecule has 0 bridgehead atoms. The smallest absolute Gasteiger partial charge is 0.139 e. The summed E-state index contributed by atoms with van der Waals surface area (Å²) in [5.74, 6) is 1.88. The van der Waals surface area contributed by atoms with Crippen molar-refractivity contribution < 1.29 is 0 Å². The fourth-order valence-electron chi connectivity index (χ4n) is 2.25. The highest BCUT2D eigenvalue weighted by Gasteiger charge is 2.25. The maximum absolute atomic E-state index is 6.00. The third-order valence-electron chi connectivity index (χ3n) is 3.43. The van der Waals surface area contributed by atoms with Gasteiger partial charge in [-0.15, -0.1) is 0 Å². The van der Waals surface area contributed by atoms with E-state index in [-0.39, 0.29) is 0 Å². The van der Waals surface area contributed by atoms with Crippen molar-refractivity contribution in [3.63, 3.8) is 0 Å². The Kier molecular flexibility index (Phi) is 3.08. The van der Waals surface area contributed by atoms with E-state index in [2.05, 4.69) is 21.8 Å². The number of fused-ring (bicyclic) bond motifs is 1. The number of aromatic nitrogens is 2. The molecule has 18 heavy (non-hydrogen) atoms. The molecule has 1 saturated carbocycles. The number of hydrogen-bond acceptors (Lipinski definition) is 3. The Morgan fingerprint density at radius 2 is 2.17 bits per heavy atom. The van der Waals surface area contributed by atoms with E-state index < -0.39 is 0 Å². The molecule has 0 saturated heterocycles. The summed E-state index contributed by atoms with van der Waals surface area (Å²) >= 11 is 6.00. The van der Waals surface area contributed by atoms with Gasteiger partial charge >= 0.3 is 0 Å². The summed E-state index contributed by atoms with van der Waals surface area (Å²) in [7, 11) is 0. The summed E-state index contributed by atoms with van der Waals surface area (Å²) in [6, 6.07) is 5.82. The third-order valence-corrected chi connectivity index (χ3v) is 3.67. The molecule has 0 N–H and O–H groups in total. The van der Waals surface area contributed by atoms with Gasteiger partial charge in [-0.25, -0.2) is 9.97 Å². The van der Waals surface area contributed by atoms with Crippen molar-refractivity contribution >= 4 is 28.3 Å². The molecule has 0 spiro atoms. The van der Waals surface area contributed by atoms with Crippen molar-refractivity contribution in [1.29, 1.82) is 0 Å². The number of benzene rings is 1. The van der Waals surface area contributed by atoms with Gasteiger partial charge in [0.25, 0.3) is 0 Å². The van der Waals surface area contributed by atoms with Crippen molar-refractivity contribution in [2.75, 3.05) is 18.0 Å². The molecule has 1 heterocycles. The van der Waals surface area contributed by atoms with E-state index in [4.69, 9.17) is 11.6 Å². The highest BCUT2D eigenvalue weighted by atomic mass is 35.5. The minimum absolute atomic E-state index is 0.720. The molecule has 0 amide bonds. The van der Waals surface area contributed by atoms with Crippen LogP contribution < -0.4 is 4.90 Å². The average Bonchev–Trinajstić information content (AvgIpc) is 3.19. The topological polar surface area (TPSA) is 29.0 Å². The molecule has 0 radical (unpaired) electrons. The summed E-state index contributed by atoms with van der Waals surface area (Å²) in [6.07, 6.45) is 4.33. The van der Waals surface area contributed by atoms with Crippen LogP contribution in [0.4, 0.5) is 5.82 Å². The van der Waals surface area contributed by atoms with Gasteiger partial charge in [0, 0.05) is 23.5 Å². The Morgan fingerprint density at radius 1 is 1.33 bits per heavy atom. The summed E-state index contributed by atoms with van der Waals surface area (Å²) in [5.41, 5.74) is 0.918. The second kappa shape index (κ2) is 4.73. The Balaban J connectivity index is 2.03. The van der Waals surface area contributed by atoms with Crippen molar-refractivity contribution in [2.45, 2.75) is 19.8 Å². The molecule has 1 aliphatic rings. The number of hydrogen-bond donors (Lipinski definition) is 0. The maximum atomic E-state index is 6.00. The molecular formula is C14H16ClN3. The number of halogens is 1. The normalized spacial score (nSPS) is 15.0. The SMILES string of the molecule is CCN(CC1CC1)c1ncnc2cc(Cl)ccc12. The molecule has 1 fully saturated rings. The van der Waals surface area contributed by atoms with E-state index in [9.17, 15) is 0 Å². The zero-order valence-corrected chi connectivity index (χ0v) is 11.2. The molecule has 1 aromatic heterocycles. The number of nitrogens with zero attached hydrogens (tertiary/aromatic N) is 3. The lowest BCUT2D eigenvalue weighted by atomic mass is 10.2. The van der Waals surface area contributed by atoms with Crippen LogP contribution in [0.3, 0.4) is 0 Å². The molecule has 4 heteroatoms. The average molecular weight is 262 g/mol. The monoisotopic (exact) mass is 261 g/mol. The predicted molar refractivity (Wildman–Crippen MR) is 75.2 cm³/mol. The number of rotatable bonds is 4. The molecule has 3 nitrogen and oxygen atoms in total. The van der Waals surface area contributed by atoms with Gasteiger partial charge in [-0.3, -0.25) is 0 Å². The Labute approximate surface area is 112 Å². The molecular weight excluding hydrogens is 246 g/mol. The first-order valence-corrected chi connectivity index (χ1v) is 6.81. The van der Waals surface area contributed by atoms with Crippen molar-refractivity contribution in [3.8, 4) is 0 Å². The fraction of sp³-hybridized carbons (Fsp3) is 0.429. The zero-order chi connectivity index (χ0) is 12.5. The summed E-state index contributed by atoms with van der Waals surface area (Å²) in [4.78, 5) is 11.1. The first-order valence-electron chi connectivity index (χ1n) is 6.43. The van der Waals surface area contributed by atoms with Gasteiger partial charge < -0.3 is 4.90 Å². The van der Waals surface area contributed by atoms with Crippen LogP contribution in [0, 0.1) is 5.92 Å². The summed E-state index contributed by atoms with van der Waals surface area (Å²) in [6.45, 7) is 4.25. The van der Waals surface area contributed by atoms with Gasteiger partial charge in [0.2, 0.25) is 0 Å². The van der Waals surface area contributed by atoms with Crippen LogP contribution in [-0.2, 0) is 0 Å². The van der Waals surface area contributed by atoms with Gasteiger partial charge in [0.05, 0.1) is 5.52 Å². The number of anilines is 1. The lowest BCUT2D eigenvalue weighted by Gasteiger charge is -2.22. The Bertz CT molecular complexity index is 566. The van der Waals surface area contributed by atoms with Crippen LogP contribution in [0.15, 0.2) is 24.5 Å². The second-order valence-electron chi connectivity index (χ2n) is 4.84. The van der Waals surface area contributed by atoms with Gasteiger partial charge in [-0.2, -0.15) is 0 Å². The quantitative estimate of drug-likeness (QED) is 0.843. The van der Waals surface area contributed by atoms with Gasteiger partial charge in [0.15, 0.2) is 0 Å². The molecule has 0 atom stereocenters. The van der Waals surface area contributed by atoms with E-state index >= 15 is 0 Å². The lowest BCUT2D eigenvalue weighted by Crippen LogP contribution is -2.26. The molecule has 0 unspecified atom stereocenters. The van der Waals surface area contributed by atoms with Crippen molar-refractivity contribution in [1.82, 2.24) is 9.97 Å². The Morgan fingerprint density at radius 3 is 2.89 bits per heavy atom. The third kappa shape index (κ3) is 2.27. The summed E-state index contributed by atoms with van der Waals surface area (Å²) in [5, 5.41) is 1.81.